The summed E-state index contributed by atoms with van der Waals surface area (Å²) in [6.45, 7) is 4.79. The lowest BCUT2D eigenvalue weighted by Crippen LogP contribution is -2.28. The van der Waals surface area contributed by atoms with Gasteiger partial charge in [0.1, 0.15) is 10.6 Å². The topological polar surface area (TPSA) is 86.1 Å². The summed E-state index contributed by atoms with van der Waals surface area (Å²) < 4.78 is 35.0. The molecule has 27 heavy (non-hydrogen) atoms. The number of hydrogen-bond acceptors (Lipinski definition) is 5. The summed E-state index contributed by atoms with van der Waals surface area (Å²) in [5, 5.41) is 4.54. The van der Waals surface area contributed by atoms with E-state index < -0.39 is 10.0 Å². The molecule has 0 saturated heterocycles. The summed E-state index contributed by atoms with van der Waals surface area (Å²) in [4.78, 5) is 4.24. The van der Waals surface area contributed by atoms with E-state index in [2.05, 4.69) is 14.8 Å². The van der Waals surface area contributed by atoms with Crippen LogP contribution in [0.15, 0.2) is 59.8 Å². The van der Waals surface area contributed by atoms with Crippen LogP contribution < -0.4 is 9.46 Å². The van der Waals surface area contributed by atoms with E-state index >= 15 is 0 Å². The van der Waals surface area contributed by atoms with Crippen LogP contribution in [0.3, 0.4) is 0 Å². The van der Waals surface area contributed by atoms with Crippen molar-refractivity contribution in [2.75, 3.05) is 13.2 Å². The van der Waals surface area contributed by atoms with E-state index in [-0.39, 0.29) is 11.4 Å². The molecule has 2 aromatic heterocycles. The predicted octanol–water partition coefficient (Wildman–Crippen LogP) is 2.63. The lowest BCUT2D eigenvalue weighted by atomic mass is 10.2. The Morgan fingerprint density at radius 3 is 2.74 bits per heavy atom. The van der Waals surface area contributed by atoms with E-state index in [1.54, 1.807) is 35.3 Å². The first kappa shape index (κ1) is 19.1. The van der Waals surface area contributed by atoms with E-state index in [4.69, 9.17) is 4.74 Å². The monoisotopic (exact) mass is 386 g/mol. The molecule has 0 amide bonds. The highest BCUT2D eigenvalue weighted by Crippen LogP contribution is 2.23. The molecule has 1 aromatic carbocycles. The Morgan fingerprint density at radius 2 is 2.00 bits per heavy atom. The minimum Gasteiger partial charge on any atom is -0.492 e. The summed E-state index contributed by atoms with van der Waals surface area (Å²) in [6, 6.07) is 12.4. The number of nitrogens with one attached hydrogen (secondary N) is 1. The molecule has 0 bridgehead atoms. The molecule has 0 atom stereocenters. The van der Waals surface area contributed by atoms with Gasteiger partial charge in [0, 0.05) is 30.2 Å². The summed E-state index contributed by atoms with van der Waals surface area (Å²) in [5.41, 5.74) is 2.68. The van der Waals surface area contributed by atoms with Crippen LogP contribution in [-0.4, -0.2) is 36.3 Å². The van der Waals surface area contributed by atoms with Crippen LogP contribution in [0, 0.1) is 6.92 Å². The highest BCUT2D eigenvalue weighted by Gasteiger charge is 2.19. The number of rotatable bonds is 8. The average molecular weight is 386 g/mol. The fourth-order valence-electron chi connectivity index (χ4n) is 2.70. The fourth-order valence-corrected chi connectivity index (χ4v) is 3.87. The normalized spacial score (nSPS) is 11.5. The Bertz CT molecular complexity index is 1000. The second-order valence-electron chi connectivity index (χ2n) is 5.91. The lowest BCUT2D eigenvalue weighted by molar-refractivity contribution is 0.331. The van der Waals surface area contributed by atoms with Gasteiger partial charge in [0.05, 0.1) is 18.8 Å². The van der Waals surface area contributed by atoms with Crippen molar-refractivity contribution < 1.29 is 13.2 Å². The molecule has 0 fully saturated rings. The van der Waals surface area contributed by atoms with Gasteiger partial charge in [-0.25, -0.2) is 13.1 Å². The van der Waals surface area contributed by atoms with E-state index in [1.165, 1.54) is 6.07 Å². The zero-order valence-electron chi connectivity index (χ0n) is 15.3. The number of sulfonamides is 1. The Kier molecular flexibility index (Phi) is 5.88. The maximum Gasteiger partial charge on any atom is 0.244 e. The highest BCUT2D eigenvalue weighted by molar-refractivity contribution is 7.89. The molecule has 0 aliphatic carbocycles. The smallest absolute Gasteiger partial charge is 0.244 e. The number of pyridine rings is 1. The van der Waals surface area contributed by atoms with Crippen molar-refractivity contribution in [2.24, 2.45) is 0 Å². The first-order valence-corrected chi connectivity index (χ1v) is 10.2. The van der Waals surface area contributed by atoms with Gasteiger partial charge < -0.3 is 4.74 Å². The maximum atomic E-state index is 12.6. The van der Waals surface area contributed by atoms with Crippen molar-refractivity contribution in [1.29, 1.82) is 0 Å². The van der Waals surface area contributed by atoms with Gasteiger partial charge in [0.25, 0.3) is 0 Å². The molecule has 1 N–H and O–H groups in total. The fraction of sp³-hybridized carbons (Fsp3) is 0.263. The van der Waals surface area contributed by atoms with Gasteiger partial charge in [0.15, 0.2) is 0 Å². The van der Waals surface area contributed by atoms with Crippen molar-refractivity contribution >= 4 is 10.0 Å². The van der Waals surface area contributed by atoms with Crippen molar-refractivity contribution in [1.82, 2.24) is 19.5 Å². The van der Waals surface area contributed by atoms with Gasteiger partial charge in [-0.2, -0.15) is 5.10 Å². The molecule has 0 saturated carbocycles. The molecule has 3 aromatic rings. The van der Waals surface area contributed by atoms with Crippen LogP contribution in [0.5, 0.6) is 5.75 Å². The van der Waals surface area contributed by atoms with Crippen LogP contribution in [-0.2, 0) is 16.6 Å². The van der Waals surface area contributed by atoms with Crippen LogP contribution in [0.4, 0.5) is 0 Å². The molecule has 0 aliphatic heterocycles. The van der Waals surface area contributed by atoms with Crippen LogP contribution in [0.1, 0.15) is 12.6 Å². The number of benzene rings is 1. The zero-order valence-corrected chi connectivity index (χ0v) is 16.1. The van der Waals surface area contributed by atoms with Crippen LogP contribution in [0.2, 0.25) is 0 Å². The maximum absolute atomic E-state index is 12.6. The standard InChI is InChI=1S/C19H22N4O3S/c1-3-26-18-8-4-5-9-19(18)27(24,25)21-11-12-23-15(2)13-17(22-23)16-7-6-10-20-14-16/h4-10,13-14,21H,3,11-12H2,1-2H3. The third kappa shape index (κ3) is 4.53. The molecule has 0 aliphatic rings. The van der Waals surface area contributed by atoms with E-state index in [9.17, 15) is 8.42 Å². The average Bonchev–Trinajstić information content (AvgIpc) is 3.04. The van der Waals surface area contributed by atoms with Crippen molar-refractivity contribution in [3.63, 3.8) is 0 Å². The summed E-state index contributed by atoms with van der Waals surface area (Å²) >= 11 is 0. The van der Waals surface area contributed by atoms with Gasteiger partial charge in [-0.15, -0.1) is 0 Å². The van der Waals surface area contributed by atoms with E-state index in [1.807, 2.05) is 32.0 Å². The summed E-state index contributed by atoms with van der Waals surface area (Å²) in [5.74, 6) is 0.349. The van der Waals surface area contributed by atoms with Crippen molar-refractivity contribution in [3.8, 4) is 17.0 Å². The second kappa shape index (κ2) is 8.32. The number of nitrogens with zero attached hydrogens (tertiary/aromatic N) is 3. The van der Waals surface area contributed by atoms with Gasteiger partial charge in [0.2, 0.25) is 10.0 Å². The molecule has 142 valence electrons. The molecule has 7 nitrogen and oxygen atoms in total. The first-order valence-electron chi connectivity index (χ1n) is 8.67. The molecule has 0 spiro atoms. The first-order chi connectivity index (χ1) is 13.0. The van der Waals surface area contributed by atoms with Gasteiger partial charge >= 0.3 is 0 Å². The molecular formula is C19H22N4O3S. The van der Waals surface area contributed by atoms with Gasteiger partial charge in [-0.3, -0.25) is 9.67 Å². The van der Waals surface area contributed by atoms with Crippen LogP contribution in [0.25, 0.3) is 11.3 Å². The molecular weight excluding hydrogens is 364 g/mol. The second-order valence-corrected chi connectivity index (χ2v) is 7.65. The molecule has 2 heterocycles. The molecule has 0 unspecified atom stereocenters. The third-order valence-electron chi connectivity index (χ3n) is 3.99. The largest absolute Gasteiger partial charge is 0.492 e. The Hall–Kier alpha value is -2.71. The minimum atomic E-state index is -3.67. The Labute approximate surface area is 159 Å². The molecule has 8 heteroatoms. The van der Waals surface area contributed by atoms with Crippen molar-refractivity contribution in [2.45, 2.75) is 25.3 Å². The van der Waals surface area contributed by atoms with Crippen LogP contribution >= 0.6 is 0 Å². The Morgan fingerprint density at radius 1 is 1.19 bits per heavy atom. The predicted molar refractivity (Wildman–Crippen MR) is 103 cm³/mol. The lowest BCUT2D eigenvalue weighted by Gasteiger charge is -2.12. The van der Waals surface area contributed by atoms with E-state index in [0.717, 1.165) is 17.0 Å². The number of hydrogen-bond donors (Lipinski definition) is 1. The Balaban J connectivity index is 1.69. The summed E-state index contributed by atoms with van der Waals surface area (Å²) in [7, 11) is -3.67. The minimum absolute atomic E-state index is 0.139. The third-order valence-corrected chi connectivity index (χ3v) is 5.49. The number of aryl methyl sites for hydroxylation is 1. The van der Waals surface area contributed by atoms with Gasteiger partial charge in [-0.1, -0.05) is 12.1 Å². The highest BCUT2D eigenvalue weighted by atomic mass is 32.2. The van der Waals surface area contributed by atoms with Crippen molar-refractivity contribution in [3.05, 3.63) is 60.6 Å². The number of para-hydroxylation sites is 1. The quantitative estimate of drug-likeness (QED) is 0.643. The van der Waals surface area contributed by atoms with E-state index in [0.29, 0.717) is 18.9 Å². The summed E-state index contributed by atoms with van der Waals surface area (Å²) in [6.07, 6.45) is 3.46. The van der Waals surface area contributed by atoms with Gasteiger partial charge in [-0.05, 0) is 44.2 Å². The zero-order chi connectivity index (χ0) is 19.3. The number of ether oxygens (including phenoxy) is 1. The molecule has 3 rings (SSSR count). The number of aromatic nitrogens is 3. The SMILES string of the molecule is CCOc1ccccc1S(=O)(=O)NCCn1nc(-c2cccnc2)cc1C. The molecule has 0 radical (unpaired) electrons.